The van der Waals surface area contributed by atoms with Crippen molar-refractivity contribution in [2.75, 3.05) is 13.1 Å². The van der Waals surface area contributed by atoms with Crippen molar-refractivity contribution < 1.29 is 18.3 Å². The van der Waals surface area contributed by atoms with Gasteiger partial charge in [-0.3, -0.25) is 4.79 Å². The Morgan fingerprint density at radius 2 is 1.74 bits per heavy atom. The van der Waals surface area contributed by atoms with E-state index in [1.54, 1.807) is 38.1 Å². The molecule has 0 radical (unpaired) electrons. The highest BCUT2D eigenvalue weighted by Crippen LogP contribution is 2.29. The summed E-state index contributed by atoms with van der Waals surface area (Å²) in [6.45, 7) is 6.46. The molecule has 0 atom stereocenters. The minimum atomic E-state index is -3.50. The van der Waals surface area contributed by atoms with Gasteiger partial charge in [0.2, 0.25) is 10.0 Å². The van der Waals surface area contributed by atoms with Crippen LogP contribution in [0, 0.1) is 6.92 Å². The summed E-state index contributed by atoms with van der Waals surface area (Å²) in [6, 6.07) is 9.74. The van der Waals surface area contributed by atoms with E-state index in [9.17, 15) is 18.3 Å². The third kappa shape index (κ3) is 4.88. The van der Waals surface area contributed by atoms with Crippen molar-refractivity contribution in [1.29, 1.82) is 0 Å². The maximum atomic E-state index is 12.5. The average molecular weight is 455 g/mol. The fraction of sp³-hybridized carbons (Fsp3) is 0.316. The molecule has 0 bridgehead atoms. The van der Waals surface area contributed by atoms with Gasteiger partial charge in [-0.25, -0.2) is 8.42 Å². The molecule has 2 rings (SSSR count). The van der Waals surface area contributed by atoms with Gasteiger partial charge in [-0.05, 0) is 58.2 Å². The van der Waals surface area contributed by atoms with E-state index in [4.69, 9.17) is 0 Å². The number of carbonyl (C=O) groups excluding carboxylic acids is 1. The van der Waals surface area contributed by atoms with Crippen LogP contribution < -0.4 is 5.32 Å². The summed E-state index contributed by atoms with van der Waals surface area (Å²) in [5.41, 5.74) is 1.78. The molecule has 0 saturated carbocycles. The molecule has 1 amide bonds. The number of aromatic hydroxyl groups is 1. The molecular formula is C19H23BrN2O4S. The van der Waals surface area contributed by atoms with Crippen LogP contribution >= 0.6 is 15.9 Å². The van der Waals surface area contributed by atoms with Crippen molar-refractivity contribution in [3.8, 4) is 5.75 Å². The van der Waals surface area contributed by atoms with Gasteiger partial charge in [-0.15, -0.1) is 0 Å². The van der Waals surface area contributed by atoms with Crippen molar-refractivity contribution in [2.45, 2.75) is 32.2 Å². The molecular weight excluding hydrogens is 432 g/mol. The Labute approximate surface area is 168 Å². The standard InChI is InChI=1S/C19H23BrN2O4S/c1-4-22(5-2)27(25,26)15-8-6-14(7-9-15)12-21-19(24)16-10-13(3)11-17(20)18(16)23/h6-11,23H,4-5,12H2,1-3H3,(H,21,24). The van der Waals surface area contributed by atoms with Gasteiger partial charge in [0.25, 0.3) is 5.91 Å². The third-order valence-electron chi connectivity index (χ3n) is 4.17. The molecule has 27 heavy (non-hydrogen) atoms. The van der Waals surface area contributed by atoms with Crippen molar-refractivity contribution in [3.63, 3.8) is 0 Å². The first kappa shape index (κ1) is 21.4. The van der Waals surface area contributed by atoms with Crippen LogP contribution in [-0.4, -0.2) is 36.8 Å². The number of halogens is 1. The minimum Gasteiger partial charge on any atom is -0.506 e. The molecule has 6 nitrogen and oxygen atoms in total. The van der Waals surface area contributed by atoms with Crippen LogP contribution in [0.1, 0.15) is 35.3 Å². The Kier molecular flexibility index (Phi) is 7.02. The molecule has 146 valence electrons. The van der Waals surface area contributed by atoms with Gasteiger partial charge < -0.3 is 10.4 Å². The topological polar surface area (TPSA) is 86.7 Å². The summed E-state index contributed by atoms with van der Waals surface area (Å²) in [4.78, 5) is 12.6. The fourth-order valence-corrected chi connectivity index (χ4v) is 4.71. The highest BCUT2D eigenvalue weighted by atomic mass is 79.9. The van der Waals surface area contributed by atoms with Gasteiger partial charge in [-0.2, -0.15) is 4.31 Å². The molecule has 8 heteroatoms. The Bertz CT molecular complexity index is 923. The Hall–Kier alpha value is -1.90. The summed E-state index contributed by atoms with van der Waals surface area (Å²) in [5.74, 6) is -0.518. The number of hydrogen-bond donors (Lipinski definition) is 2. The highest BCUT2D eigenvalue weighted by molar-refractivity contribution is 9.10. The van der Waals surface area contributed by atoms with Crippen LogP contribution in [0.3, 0.4) is 0 Å². The maximum absolute atomic E-state index is 12.5. The van der Waals surface area contributed by atoms with Crippen molar-refractivity contribution in [3.05, 3.63) is 57.6 Å². The van der Waals surface area contributed by atoms with Gasteiger partial charge in [0.1, 0.15) is 5.75 Å². The molecule has 2 aromatic carbocycles. The molecule has 0 aliphatic heterocycles. The predicted molar refractivity (Wildman–Crippen MR) is 108 cm³/mol. The van der Waals surface area contributed by atoms with Crippen molar-refractivity contribution in [2.24, 2.45) is 0 Å². The van der Waals surface area contributed by atoms with Gasteiger partial charge in [0.15, 0.2) is 0 Å². The Morgan fingerprint density at radius 1 is 1.15 bits per heavy atom. The number of nitrogens with one attached hydrogen (secondary N) is 1. The van der Waals surface area contributed by atoms with E-state index < -0.39 is 15.9 Å². The smallest absolute Gasteiger partial charge is 0.255 e. The van der Waals surface area contributed by atoms with E-state index in [1.165, 1.54) is 16.4 Å². The van der Waals surface area contributed by atoms with Crippen LogP contribution in [0.2, 0.25) is 0 Å². The predicted octanol–water partition coefficient (Wildman–Crippen LogP) is 3.42. The minimum absolute atomic E-state index is 0.112. The molecule has 0 aromatic heterocycles. The van der Waals surface area contributed by atoms with Crippen LogP contribution in [-0.2, 0) is 16.6 Å². The van der Waals surface area contributed by atoms with Gasteiger partial charge in [0.05, 0.1) is 14.9 Å². The summed E-state index contributed by atoms with van der Waals surface area (Å²) in [7, 11) is -3.50. The first-order chi connectivity index (χ1) is 12.7. The number of benzene rings is 2. The molecule has 2 aromatic rings. The number of rotatable bonds is 7. The van der Waals surface area contributed by atoms with E-state index in [2.05, 4.69) is 21.2 Å². The van der Waals surface area contributed by atoms with E-state index in [-0.39, 0.29) is 22.8 Å². The second kappa shape index (κ2) is 8.86. The summed E-state index contributed by atoms with van der Waals surface area (Å²) in [5, 5.41) is 12.8. The van der Waals surface area contributed by atoms with E-state index >= 15 is 0 Å². The third-order valence-corrected chi connectivity index (χ3v) is 6.84. The number of carbonyl (C=O) groups is 1. The molecule has 0 aliphatic rings. The summed E-state index contributed by atoms with van der Waals surface area (Å²) < 4.78 is 26.8. The molecule has 0 spiro atoms. The molecule has 0 aliphatic carbocycles. The zero-order valence-electron chi connectivity index (χ0n) is 15.5. The Morgan fingerprint density at radius 3 is 2.30 bits per heavy atom. The van der Waals surface area contributed by atoms with Crippen LogP contribution in [0.5, 0.6) is 5.75 Å². The first-order valence-electron chi connectivity index (χ1n) is 8.57. The zero-order valence-corrected chi connectivity index (χ0v) is 17.9. The number of sulfonamides is 1. The number of hydrogen-bond acceptors (Lipinski definition) is 4. The SMILES string of the molecule is CCN(CC)S(=O)(=O)c1ccc(CNC(=O)c2cc(C)cc(Br)c2O)cc1. The quantitative estimate of drug-likeness (QED) is 0.670. The van der Waals surface area contributed by atoms with Gasteiger partial charge in [0, 0.05) is 19.6 Å². The molecule has 0 unspecified atom stereocenters. The number of aryl methyl sites for hydroxylation is 1. The lowest BCUT2D eigenvalue weighted by atomic mass is 10.1. The first-order valence-corrected chi connectivity index (χ1v) is 10.8. The lowest BCUT2D eigenvalue weighted by molar-refractivity contribution is 0.0948. The molecule has 0 heterocycles. The van der Waals surface area contributed by atoms with Crippen molar-refractivity contribution in [1.82, 2.24) is 9.62 Å². The lowest BCUT2D eigenvalue weighted by Crippen LogP contribution is -2.30. The largest absolute Gasteiger partial charge is 0.506 e. The number of phenolic OH excluding ortho intramolecular Hbond substituents is 1. The van der Waals surface area contributed by atoms with E-state index in [0.29, 0.717) is 17.6 Å². The highest BCUT2D eigenvalue weighted by Gasteiger charge is 2.21. The zero-order chi connectivity index (χ0) is 20.2. The van der Waals surface area contributed by atoms with E-state index in [0.717, 1.165) is 11.1 Å². The summed E-state index contributed by atoms with van der Waals surface area (Å²) >= 11 is 3.22. The normalized spacial score (nSPS) is 11.6. The van der Waals surface area contributed by atoms with E-state index in [1.807, 2.05) is 6.92 Å². The number of phenols is 1. The lowest BCUT2D eigenvalue weighted by Gasteiger charge is -2.18. The second-order valence-electron chi connectivity index (χ2n) is 6.06. The summed E-state index contributed by atoms with van der Waals surface area (Å²) in [6.07, 6.45) is 0. The van der Waals surface area contributed by atoms with Gasteiger partial charge >= 0.3 is 0 Å². The molecule has 0 fully saturated rings. The van der Waals surface area contributed by atoms with Crippen LogP contribution in [0.15, 0.2) is 45.8 Å². The molecule has 0 saturated heterocycles. The molecule has 2 N–H and O–H groups in total. The maximum Gasteiger partial charge on any atom is 0.255 e. The average Bonchev–Trinajstić information content (AvgIpc) is 2.63. The number of nitrogens with zero attached hydrogens (tertiary/aromatic N) is 1. The second-order valence-corrected chi connectivity index (χ2v) is 8.85. The van der Waals surface area contributed by atoms with Gasteiger partial charge in [-0.1, -0.05) is 26.0 Å². The number of amides is 1. The fourth-order valence-electron chi connectivity index (χ4n) is 2.68. The van der Waals surface area contributed by atoms with Crippen LogP contribution in [0.25, 0.3) is 0 Å². The monoisotopic (exact) mass is 454 g/mol. The van der Waals surface area contributed by atoms with Crippen LogP contribution in [0.4, 0.5) is 0 Å². The Balaban J connectivity index is 2.11. The van der Waals surface area contributed by atoms with Crippen molar-refractivity contribution >= 4 is 31.9 Å².